The van der Waals surface area contributed by atoms with Crippen LogP contribution < -0.4 is 11.1 Å². The number of hydrogen-bond donors (Lipinski definition) is 2. The summed E-state index contributed by atoms with van der Waals surface area (Å²) < 4.78 is 4.91. The van der Waals surface area contributed by atoms with E-state index >= 15 is 0 Å². The molecule has 0 aliphatic carbocycles. The second-order valence-electron chi connectivity index (χ2n) is 3.94. The highest BCUT2D eigenvalue weighted by Gasteiger charge is 2.19. The molecule has 0 radical (unpaired) electrons. The van der Waals surface area contributed by atoms with E-state index in [-0.39, 0.29) is 17.7 Å². The number of carbonyl (C=O) groups excluding carboxylic acids is 1. The van der Waals surface area contributed by atoms with Gasteiger partial charge in [-0.1, -0.05) is 13.8 Å². The third-order valence-corrected chi connectivity index (χ3v) is 2.44. The summed E-state index contributed by atoms with van der Waals surface area (Å²) in [6.45, 7) is 4.87. The molecule has 0 aromatic carbocycles. The number of nitrogens with two attached hydrogens (primary N) is 1. The van der Waals surface area contributed by atoms with E-state index in [0.29, 0.717) is 13.1 Å². The van der Waals surface area contributed by atoms with Gasteiger partial charge in [-0.15, -0.1) is 0 Å². The van der Waals surface area contributed by atoms with Crippen LogP contribution in [-0.4, -0.2) is 12.5 Å². The van der Waals surface area contributed by atoms with Crippen LogP contribution in [0, 0.1) is 11.8 Å². The molecular weight excluding hydrogens is 192 g/mol. The van der Waals surface area contributed by atoms with Gasteiger partial charge in [0.2, 0.25) is 5.91 Å². The Hall–Kier alpha value is -1.29. The Bertz CT molecular complexity index is 294. The van der Waals surface area contributed by atoms with E-state index in [4.69, 9.17) is 10.2 Å². The van der Waals surface area contributed by atoms with Gasteiger partial charge in [0, 0.05) is 18.7 Å². The van der Waals surface area contributed by atoms with Crippen LogP contribution in [0.1, 0.15) is 19.4 Å². The van der Waals surface area contributed by atoms with Crippen molar-refractivity contribution in [3.63, 3.8) is 0 Å². The SMILES string of the molecule is CC(C)C(CN)C(=O)NCc1ccoc1. The molecule has 1 heterocycles. The Balaban J connectivity index is 2.41. The van der Waals surface area contributed by atoms with Crippen LogP contribution in [-0.2, 0) is 11.3 Å². The van der Waals surface area contributed by atoms with Gasteiger partial charge in [0.05, 0.1) is 18.4 Å². The first-order chi connectivity index (χ1) is 7.15. The van der Waals surface area contributed by atoms with Crippen molar-refractivity contribution in [2.45, 2.75) is 20.4 Å². The van der Waals surface area contributed by atoms with Crippen molar-refractivity contribution in [2.75, 3.05) is 6.54 Å². The van der Waals surface area contributed by atoms with Crippen LogP contribution >= 0.6 is 0 Å². The molecule has 1 aromatic heterocycles. The minimum absolute atomic E-state index is 0.00806. The summed E-state index contributed by atoms with van der Waals surface area (Å²) in [4.78, 5) is 11.7. The standard InChI is InChI=1S/C11H18N2O2/c1-8(2)10(5-12)11(14)13-6-9-3-4-15-7-9/h3-4,7-8,10H,5-6,12H2,1-2H3,(H,13,14). The average Bonchev–Trinajstić information content (AvgIpc) is 2.67. The molecule has 0 aliphatic rings. The van der Waals surface area contributed by atoms with E-state index in [2.05, 4.69) is 5.32 Å². The maximum atomic E-state index is 11.7. The summed E-state index contributed by atoms with van der Waals surface area (Å²) in [5, 5.41) is 2.84. The quantitative estimate of drug-likeness (QED) is 0.765. The summed E-state index contributed by atoms with van der Waals surface area (Å²) in [6, 6.07) is 1.83. The summed E-state index contributed by atoms with van der Waals surface area (Å²) in [7, 11) is 0. The minimum atomic E-state index is -0.114. The third kappa shape index (κ3) is 3.40. The highest BCUT2D eigenvalue weighted by molar-refractivity contribution is 5.79. The number of hydrogen-bond acceptors (Lipinski definition) is 3. The van der Waals surface area contributed by atoms with Crippen LogP contribution in [0.3, 0.4) is 0 Å². The molecule has 0 fully saturated rings. The first-order valence-electron chi connectivity index (χ1n) is 5.14. The molecule has 84 valence electrons. The van der Waals surface area contributed by atoms with Crippen molar-refractivity contribution in [1.29, 1.82) is 0 Å². The first-order valence-corrected chi connectivity index (χ1v) is 5.14. The lowest BCUT2D eigenvalue weighted by Gasteiger charge is -2.17. The molecule has 1 atom stereocenters. The van der Waals surface area contributed by atoms with Gasteiger partial charge < -0.3 is 15.5 Å². The molecule has 4 heteroatoms. The van der Waals surface area contributed by atoms with Crippen LogP contribution in [0.25, 0.3) is 0 Å². The van der Waals surface area contributed by atoms with Gasteiger partial charge >= 0.3 is 0 Å². The molecule has 4 nitrogen and oxygen atoms in total. The summed E-state index contributed by atoms with van der Waals surface area (Å²) in [5.74, 6) is 0.157. The topological polar surface area (TPSA) is 68.3 Å². The Morgan fingerprint density at radius 1 is 1.60 bits per heavy atom. The van der Waals surface area contributed by atoms with Crippen molar-refractivity contribution in [1.82, 2.24) is 5.32 Å². The van der Waals surface area contributed by atoms with E-state index in [1.807, 2.05) is 19.9 Å². The fourth-order valence-electron chi connectivity index (χ4n) is 1.40. The Labute approximate surface area is 89.8 Å². The maximum absolute atomic E-state index is 11.7. The van der Waals surface area contributed by atoms with Gasteiger partial charge in [-0.25, -0.2) is 0 Å². The number of amides is 1. The molecular formula is C11H18N2O2. The Morgan fingerprint density at radius 2 is 2.33 bits per heavy atom. The van der Waals surface area contributed by atoms with Gasteiger partial charge in [0.25, 0.3) is 0 Å². The summed E-state index contributed by atoms with van der Waals surface area (Å²) in [5.41, 5.74) is 6.51. The van der Waals surface area contributed by atoms with Crippen LogP contribution in [0.5, 0.6) is 0 Å². The molecule has 0 saturated heterocycles. The van der Waals surface area contributed by atoms with Crippen molar-refractivity contribution in [2.24, 2.45) is 17.6 Å². The molecule has 1 unspecified atom stereocenters. The predicted molar refractivity (Wildman–Crippen MR) is 57.9 cm³/mol. The normalized spacial score (nSPS) is 12.8. The number of furan rings is 1. The van der Waals surface area contributed by atoms with Crippen LogP contribution in [0.15, 0.2) is 23.0 Å². The van der Waals surface area contributed by atoms with Gasteiger partial charge in [0.15, 0.2) is 0 Å². The Kier molecular flexibility index (Phi) is 4.37. The number of rotatable bonds is 5. The molecule has 1 aromatic rings. The minimum Gasteiger partial charge on any atom is -0.472 e. The molecule has 1 amide bonds. The molecule has 3 N–H and O–H groups in total. The predicted octanol–water partition coefficient (Wildman–Crippen LogP) is 1.13. The second kappa shape index (κ2) is 5.56. The second-order valence-corrected chi connectivity index (χ2v) is 3.94. The molecule has 0 spiro atoms. The third-order valence-electron chi connectivity index (χ3n) is 2.44. The summed E-state index contributed by atoms with van der Waals surface area (Å²) >= 11 is 0. The molecule has 0 bridgehead atoms. The molecule has 0 saturated carbocycles. The van der Waals surface area contributed by atoms with E-state index in [9.17, 15) is 4.79 Å². The fourth-order valence-corrected chi connectivity index (χ4v) is 1.40. The van der Waals surface area contributed by atoms with Gasteiger partial charge in [-0.05, 0) is 12.0 Å². The van der Waals surface area contributed by atoms with E-state index in [0.717, 1.165) is 5.56 Å². The van der Waals surface area contributed by atoms with E-state index in [1.54, 1.807) is 12.5 Å². The number of nitrogens with one attached hydrogen (secondary N) is 1. The zero-order valence-corrected chi connectivity index (χ0v) is 9.19. The van der Waals surface area contributed by atoms with Gasteiger partial charge in [0.1, 0.15) is 0 Å². The zero-order chi connectivity index (χ0) is 11.3. The monoisotopic (exact) mass is 210 g/mol. The van der Waals surface area contributed by atoms with Crippen molar-refractivity contribution >= 4 is 5.91 Å². The average molecular weight is 210 g/mol. The van der Waals surface area contributed by atoms with Gasteiger partial charge in [-0.3, -0.25) is 4.79 Å². The first kappa shape index (κ1) is 11.8. The Morgan fingerprint density at radius 3 is 2.80 bits per heavy atom. The highest BCUT2D eigenvalue weighted by Crippen LogP contribution is 2.09. The fraction of sp³-hybridized carbons (Fsp3) is 0.545. The lowest BCUT2D eigenvalue weighted by molar-refractivity contribution is -0.126. The maximum Gasteiger partial charge on any atom is 0.224 e. The van der Waals surface area contributed by atoms with Crippen LogP contribution in [0.4, 0.5) is 0 Å². The van der Waals surface area contributed by atoms with Crippen molar-refractivity contribution < 1.29 is 9.21 Å². The van der Waals surface area contributed by atoms with Crippen molar-refractivity contribution in [3.05, 3.63) is 24.2 Å². The summed E-state index contributed by atoms with van der Waals surface area (Å²) in [6.07, 6.45) is 3.21. The zero-order valence-electron chi connectivity index (χ0n) is 9.19. The molecule has 15 heavy (non-hydrogen) atoms. The van der Waals surface area contributed by atoms with Gasteiger partial charge in [-0.2, -0.15) is 0 Å². The largest absolute Gasteiger partial charge is 0.472 e. The van der Waals surface area contributed by atoms with Crippen molar-refractivity contribution in [3.8, 4) is 0 Å². The number of carbonyl (C=O) groups is 1. The lowest BCUT2D eigenvalue weighted by atomic mass is 9.95. The smallest absolute Gasteiger partial charge is 0.224 e. The molecule has 1 rings (SSSR count). The lowest BCUT2D eigenvalue weighted by Crippen LogP contribution is -2.37. The highest BCUT2D eigenvalue weighted by atomic mass is 16.3. The van der Waals surface area contributed by atoms with E-state index in [1.165, 1.54) is 0 Å². The van der Waals surface area contributed by atoms with Crippen LogP contribution in [0.2, 0.25) is 0 Å². The van der Waals surface area contributed by atoms with E-state index < -0.39 is 0 Å². The molecule has 0 aliphatic heterocycles.